The zero-order valence-electron chi connectivity index (χ0n) is 18.9. The fraction of sp³-hybridized carbons (Fsp3) is 0. The Balaban J connectivity index is 1.65. The number of carbonyl (C=O) groups is 1. The van der Waals surface area contributed by atoms with Gasteiger partial charge in [-0.1, -0.05) is 42.5 Å². The van der Waals surface area contributed by atoms with E-state index in [1.807, 2.05) is 6.07 Å². The number of nitrogens with two attached hydrogens (primary N) is 1. The lowest BCUT2D eigenvalue weighted by atomic mass is 10.0. The number of aromatic hydroxyl groups is 1. The SMILES string of the molecule is NS(=O)(=O)c1cnn(-c2ncccn2)c1/N=N/c1c(O)c(C(=O)Nc2ccccc2)cc2ccccc12. The highest BCUT2D eigenvalue weighted by molar-refractivity contribution is 7.89. The Morgan fingerprint density at radius 1 is 0.973 bits per heavy atom. The second kappa shape index (κ2) is 9.56. The molecule has 3 aromatic carbocycles. The predicted octanol–water partition coefficient (Wildman–Crippen LogP) is 3.84. The number of primary sulfonamides is 1. The molecule has 0 unspecified atom stereocenters. The van der Waals surface area contributed by atoms with Crippen molar-refractivity contribution in [1.29, 1.82) is 0 Å². The van der Waals surface area contributed by atoms with Crippen molar-refractivity contribution in [1.82, 2.24) is 19.7 Å². The van der Waals surface area contributed by atoms with E-state index in [2.05, 4.69) is 30.6 Å². The Hall–Kier alpha value is -5.01. The van der Waals surface area contributed by atoms with Crippen LogP contribution in [0.5, 0.6) is 5.75 Å². The van der Waals surface area contributed by atoms with Crippen LogP contribution in [0, 0.1) is 0 Å². The standard InChI is InChI=1S/C24H18N8O4S/c25-37(35,36)19-14-28-32(24-26-11-6-12-27-24)22(19)31-30-20-17-10-5-4-7-15(17)13-18(21(20)33)23(34)29-16-8-2-1-3-9-16/h1-14,33H,(H,29,34)(H2,25,35,36)/b31-30+. The molecular formula is C24H18N8O4S. The molecule has 37 heavy (non-hydrogen) atoms. The van der Waals surface area contributed by atoms with Gasteiger partial charge in [-0.05, 0) is 29.7 Å². The number of sulfonamides is 1. The number of rotatable bonds is 6. The number of aromatic nitrogens is 4. The van der Waals surface area contributed by atoms with Crippen molar-refractivity contribution >= 4 is 43.9 Å². The first-order valence-corrected chi connectivity index (χ1v) is 12.3. The lowest BCUT2D eigenvalue weighted by Crippen LogP contribution is -2.12. The van der Waals surface area contributed by atoms with Gasteiger partial charge in [-0.25, -0.2) is 23.5 Å². The number of hydrogen-bond donors (Lipinski definition) is 3. The molecule has 0 saturated carbocycles. The minimum Gasteiger partial charge on any atom is -0.505 e. The van der Waals surface area contributed by atoms with Crippen molar-refractivity contribution in [3.63, 3.8) is 0 Å². The average molecular weight is 515 g/mol. The van der Waals surface area contributed by atoms with E-state index in [9.17, 15) is 18.3 Å². The Bertz CT molecular complexity index is 1750. The van der Waals surface area contributed by atoms with Crippen LogP contribution in [0.2, 0.25) is 0 Å². The Kier molecular flexibility index (Phi) is 6.13. The number of anilines is 1. The van der Waals surface area contributed by atoms with Crippen LogP contribution in [-0.2, 0) is 10.0 Å². The third kappa shape index (κ3) is 4.76. The van der Waals surface area contributed by atoms with E-state index in [0.717, 1.165) is 10.9 Å². The summed E-state index contributed by atoms with van der Waals surface area (Å²) in [6, 6.07) is 18.8. The quantitative estimate of drug-likeness (QED) is 0.288. The number of benzene rings is 3. The number of carbonyl (C=O) groups excluding carboxylic acids is 1. The van der Waals surface area contributed by atoms with Crippen LogP contribution in [0.1, 0.15) is 10.4 Å². The molecule has 0 aliphatic carbocycles. The van der Waals surface area contributed by atoms with E-state index in [1.165, 1.54) is 18.5 Å². The summed E-state index contributed by atoms with van der Waals surface area (Å²) in [6.45, 7) is 0. The third-order valence-electron chi connectivity index (χ3n) is 5.28. The summed E-state index contributed by atoms with van der Waals surface area (Å²) in [6.07, 6.45) is 3.88. The average Bonchev–Trinajstić information content (AvgIpc) is 3.33. The second-order valence-electron chi connectivity index (χ2n) is 7.70. The van der Waals surface area contributed by atoms with Crippen molar-refractivity contribution in [2.24, 2.45) is 15.4 Å². The van der Waals surface area contributed by atoms with Gasteiger partial charge in [0.25, 0.3) is 11.9 Å². The van der Waals surface area contributed by atoms with Crippen LogP contribution in [0.4, 0.5) is 17.2 Å². The molecule has 2 heterocycles. The molecule has 1 amide bonds. The van der Waals surface area contributed by atoms with Gasteiger partial charge in [0.15, 0.2) is 5.75 Å². The third-order valence-corrected chi connectivity index (χ3v) is 6.18. The maximum atomic E-state index is 13.0. The van der Waals surface area contributed by atoms with Crippen molar-refractivity contribution < 1.29 is 18.3 Å². The highest BCUT2D eigenvalue weighted by atomic mass is 32.2. The number of amides is 1. The number of azo groups is 1. The maximum absolute atomic E-state index is 13.0. The molecule has 0 aliphatic heterocycles. The molecule has 2 aromatic heterocycles. The monoisotopic (exact) mass is 514 g/mol. The van der Waals surface area contributed by atoms with Crippen molar-refractivity contribution in [2.75, 3.05) is 5.32 Å². The Labute approximate surface area is 210 Å². The molecule has 12 nitrogen and oxygen atoms in total. The summed E-state index contributed by atoms with van der Waals surface area (Å²) in [5.41, 5.74) is 0.425. The molecule has 0 radical (unpaired) electrons. The molecule has 0 spiro atoms. The van der Waals surface area contributed by atoms with Crippen LogP contribution in [0.3, 0.4) is 0 Å². The molecule has 4 N–H and O–H groups in total. The van der Waals surface area contributed by atoms with Gasteiger partial charge in [0.2, 0.25) is 15.8 Å². The second-order valence-corrected chi connectivity index (χ2v) is 9.23. The number of phenols is 1. The maximum Gasteiger partial charge on any atom is 0.259 e. The van der Waals surface area contributed by atoms with Gasteiger partial charge in [-0.15, -0.1) is 10.2 Å². The zero-order chi connectivity index (χ0) is 26.0. The van der Waals surface area contributed by atoms with Gasteiger partial charge in [-0.2, -0.15) is 9.78 Å². The summed E-state index contributed by atoms with van der Waals surface area (Å²) in [5.74, 6) is -1.28. The fourth-order valence-corrected chi connectivity index (χ4v) is 4.15. The number of para-hydroxylation sites is 1. The molecule has 0 saturated heterocycles. The fourth-order valence-electron chi connectivity index (χ4n) is 3.58. The van der Waals surface area contributed by atoms with Gasteiger partial charge < -0.3 is 10.4 Å². The Morgan fingerprint density at radius 3 is 2.41 bits per heavy atom. The van der Waals surface area contributed by atoms with Crippen molar-refractivity contribution in [3.8, 4) is 11.7 Å². The summed E-state index contributed by atoms with van der Waals surface area (Å²) in [4.78, 5) is 20.7. The lowest BCUT2D eigenvalue weighted by Gasteiger charge is -2.11. The molecule has 5 rings (SSSR count). The highest BCUT2D eigenvalue weighted by Gasteiger charge is 2.23. The van der Waals surface area contributed by atoms with Gasteiger partial charge in [0, 0.05) is 23.5 Å². The number of phenolic OH excluding ortho intramolecular Hbond substituents is 1. The summed E-state index contributed by atoms with van der Waals surface area (Å²) >= 11 is 0. The Morgan fingerprint density at radius 2 is 1.68 bits per heavy atom. The van der Waals surface area contributed by atoms with Gasteiger partial charge >= 0.3 is 0 Å². The van der Waals surface area contributed by atoms with Crippen LogP contribution in [0.25, 0.3) is 16.7 Å². The summed E-state index contributed by atoms with van der Waals surface area (Å²) in [7, 11) is -4.25. The molecule has 5 aromatic rings. The van der Waals surface area contributed by atoms with E-state index >= 15 is 0 Å². The van der Waals surface area contributed by atoms with Crippen LogP contribution in [0.15, 0.2) is 100 Å². The lowest BCUT2D eigenvalue weighted by molar-refractivity contribution is 0.102. The minimum absolute atomic E-state index is 0.0245. The van der Waals surface area contributed by atoms with Crippen molar-refractivity contribution in [2.45, 2.75) is 4.90 Å². The highest BCUT2D eigenvalue weighted by Crippen LogP contribution is 2.40. The molecule has 0 atom stereocenters. The molecule has 184 valence electrons. The minimum atomic E-state index is -4.25. The number of nitrogens with one attached hydrogen (secondary N) is 1. The summed E-state index contributed by atoms with van der Waals surface area (Å²) in [5, 5.41) is 32.4. The molecule has 0 fully saturated rings. The largest absolute Gasteiger partial charge is 0.505 e. The smallest absolute Gasteiger partial charge is 0.259 e. The molecule has 0 bridgehead atoms. The van der Waals surface area contributed by atoms with Gasteiger partial charge in [0.05, 0.1) is 11.8 Å². The molecule has 0 aliphatic rings. The van der Waals surface area contributed by atoms with Gasteiger partial charge in [0.1, 0.15) is 10.6 Å². The predicted molar refractivity (Wildman–Crippen MR) is 135 cm³/mol. The van der Waals surface area contributed by atoms with Crippen molar-refractivity contribution in [3.05, 3.63) is 90.9 Å². The first-order chi connectivity index (χ1) is 17.8. The van der Waals surface area contributed by atoms with E-state index in [-0.39, 0.29) is 23.0 Å². The van der Waals surface area contributed by atoms with E-state index in [4.69, 9.17) is 5.14 Å². The molecule has 13 heteroatoms. The normalized spacial score (nSPS) is 11.7. The molecular weight excluding hydrogens is 496 g/mol. The number of hydrogen-bond acceptors (Lipinski definition) is 9. The first kappa shape index (κ1) is 23.7. The van der Waals surface area contributed by atoms with Crippen LogP contribution >= 0.6 is 0 Å². The van der Waals surface area contributed by atoms with E-state index in [0.29, 0.717) is 16.5 Å². The van der Waals surface area contributed by atoms with E-state index in [1.54, 1.807) is 54.6 Å². The zero-order valence-corrected chi connectivity index (χ0v) is 19.7. The van der Waals surface area contributed by atoms with Crippen LogP contribution < -0.4 is 10.5 Å². The number of nitrogens with zero attached hydrogens (tertiary/aromatic N) is 6. The van der Waals surface area contributed by atoms with E-state index < -0.39 is 26.6 Å². The van der Waals surface area contributed by atoms with Gasteiger partial charge in [-0.3, -0.25) is 4.79 Å². The number of fused-ring (bicyclic) bond motifs is 1. The first-order valence-electron chi connectivity index (χ1n) is 10.7. The summed E-state index contributed by atoms with van der Waals surface area (Å²) < 4.78 is 25.4. The van der Waals surface area contributed by atoms with Crippen LogP contribution in [-0.4, -0.2) is 39.2 Å². The topological polar surface area (TPSA) is 178 Å².